The van der Waals surface area contributed by atoms with Crippen molar-refractivity contribution < 1.29 is 15.0 Å². The molecule has 0 aromatic heterocycles. The van der Waals surface area contributed by atoms with Crippen LogP contribution in [0.1, 0.15) is 96.8 Å². The number of carbonyl (C=O) groups excluding carboxylic acids is 1. The van der Waals surface area contributed by atoms with E-state index in [1.165, 1.54) is 25.7 Å². The second kappa shape index (κ2) is 12.0. The van der Waals surface area contributed by atoms with Crippen LogP contribution in [0, 0.1) is 11.8 Å². The lowest BCUT2D eigenvalue weighted by molar-refractivity contribution is -0.125. The maximum Gasteiger partial charge on any atom is 0.237 e. The Morgan fingerprint density at radius 2 is 1.63 bits per heavy atom. The summed E-state index contributed by atoms with van der Waals surface area (Å²) in [7, 11) is 0. The minimum absolute atomic E-state index is 0.147. The van der Waals surface area contributed by atoms with Crippen LogP contribution in [0.2, 0.25) is 0 Å². The summed E-state index contributed by atoms with van der Waals surface area (Å²) in [5.74, 6) is 0.483. The fourth-order valence-corrected chi connectivity index (χ4v) is 4.90. The van der Waals surface area contributed by atoms with E-state index in [4.69, 9.17) is 5.73 Å². The van der Waals surface area contributed by atoms with Crippen molar-refractivity contribution in [3.05, 3.63) is 0 Å². The molecule has 5 N–H and O–H groups in total. The van der Waals surface area contributed by atoms with Crippen molar-refractivity contribution in [2.45, 2.75) is 121 Å². The molecule has 2 saturated carbocycles. The number of unbranched alkanes of at least 4 members (excludes halogenated alkanes) is 1. The summed E-state index contributed by atoms with van der Waals surface area (Å²) in [4.78, 5) is 12.6. The summed E-state index contributed by atoms with van der Waals surface area (Å²) in [5, 5.41) is 24.8. The number of nitrogens with two attached hydrogens (primary N) is 1. The predicted molar refractivity (Wildman–Crippen MR) is 109 cm³/mol. The molecule has 0 aromatic carbocycles. The minimum atomic E-state index is -0.905. The lowest BCUT2D eigenvalue weighted by atomic mass is 9.78. The first-order valence-corrected chi connectivity index (χ1v) is 11.4. The Hall–Kier alpha value is -0.650. The molecule has 158 valence electrons. The van der Waals surface area contributed by atoms with Gasteiger partial charge < -0.3 is 21.3 Å². The first kappa shape index (κ1) is 22.6. The van der Waals surface area contributed by atoms with Crippen LogP contribution in [-0.2, 0) is 4.79 Å². The summed E-state index contributed by atoms with van der Waals surface area (Å²) in [6.07, 6.45) is 13.1. The van der Waals surface area contributed by atoms with Gasteiger partial charge in [0.25, 0.3) is 0 Å². The fraction of sp³-hybridized carbons (Fsp3) is 0.955. The van der Waals surface area contributed by atoms with E-state index in [1.807, 2.05) is 0 Å². The molecule has 2 aliphatic carbocycles. The molecule has 0 heterocycles. The standard InChI is InChI=1S/C22H42N2O3/c1-2-3-14-18(23)22(27)24-19(15-16-10-6-4-7-11-16)21(26)20(25)17-12-8-5-9-13-17/h16-21,25-26H,2-15,23H2,1H3,(H,24,27)/t18-,19-,20-,21+/m0/s1. The second-order valence-corrected chi connectivity index (χ2v) is 8.98. The Bertz CT molecular complexity index is 420. The van der Waals surface area contributed by atoms with E-state index >= 15 is 0 Å². The van der Waals surface area contributed by atoms with E-state index in [-0.39, 0.29) is 11.8 Å². The largest absolute Gasteiger partial charge is 0.390 e. The molecule has 0 spiro atoms. The van der Waals surface area contributed by atoms with Crippen LogP contribution in [0.3, 0.4) is 0 Å². The molecule has 5 nitrogen and oxygen atoms in total. The van der Waals surface area contributed by atoms with Crippen molar-refractivity contribution >= 4 is 5.91 Å². The van der Waals surface area contributed by atoms with Gasteiger partial charge in [-0.1, -0.05) is 71.1 Å². The van der Waals surface area contributed by atoms with E-state index < -0.39 is 24.3 Å². The van der Waals surface area contributed by atoms with E-state index in [0.29, 0.717) is 12.3 Å². The Balaban J connectivity index is 1.99. The van der Waals surface area contributed by atoms with Crippen LogP contribution >= 0.6 is 0 Å². The Labute approximate surface area is 165 Å². The predicted octanol–water partition coefficient (Wildman–Crippen LogP) is 3.26. The number of hydrogen-bond donors (Lipinski definition) is 4. The second-order valence-electron chi connectivity index (χ2n) is 8.98. The first-order valence-electron chi connectivity index (χ1n) is 11.4. The number of aliphatic hydroxyl groups excluding tert-OH is 2. The van der Waals surface area contributed by atoms with E-state index in [2.05, 4.69) is 12.2 Å². The molecule has 2 rings (SSSR count). The molecule has 5 heteroatoms. The van der Waals surface area contributed by atoms with Crippen LogP contribution in [0.15, 0.2) is 0 Å². The minimum Gasteiger partial charge on any atom is -0.390 e. The number of carbonyl (C=O) groups is 1. The molecule has 2 aliphatic rings. The monoisotopic (exact) mass is 382 g/mol. The molecule has 2 fully saturated rings. The molecular weight excluding hydrogens is 340 g/mol. The average molecular weight is 383 g/mol. The zero-order chi connectivity index (χ0) is 19.6. The Morgan fingerprint density at radius 1 is 1.04 bits per heavy atom. The van der Waals surface area contributed by atoms with Gasteiger partial charge >= 0.3 is 0 Å². The third kappa shape index (κ3) is 7.35. The number of nitrogens with one attached hydrogen (secondary N) is 1. The maximum atomic E-state index is 12.6. The van der Waals surface area contributed by atoms with E-state index in [9.17, 15) is 15.0 Å². The normalized spacial score (nSPS) is 24.1. The molecule has 0 saturated heterocycles. The van der Waals surface area contributed by atoms with Gasteiger partial charge in [-0.15, -0.1) is 0 Å². The highest BCUT2D eigenvalue weighted by atomic mass is 16.3. The summed E-state index contributed by atoms with van der Waals surface area (Å²) >= 11 is 0. The zero-order valence-electron chi connectivity index (χ0n) is 17.2. The number of amides is 1. The molecule has 0 bridgehead atoms. The van der Waals surface area contributed by atoms with Gasteiger partial charge in [0, 0.05) is 0 Å². The van der Waals surface area contributed by atoms with Gasteiger partial charge in [0.1, 0.15) is 6.10 Å². The molecule has 0 radical (unpaired) electrons. The highest BCUT2D eigenvalue weighted by Crippen LogP contribution is 2.32. The van der Waals surface area contributed by atoms with Crippen LogP contribution in [-0.4, -0.2) is 40.4 Å². The van der Waals surface area contributed by atoms with Gasteiger partial charge in [0.15, 0.2) is 0 Å². The van der Waals surface area contributed by atoms with Crippen molar-refractivity contribution in [2.24, 2.45) is 17.6 Å². The van der Waals surface area contributed by atoms with Crippen molar-refractivity contribution in [1.29, 1.82) is 0 Å². The van der Waals surface area contributed by atoms with Crippen molar-refractivity contribution in [2.75, 3.05) is 0 Å². The van der Waals surface area contributed by atoms with Crippen molar-refractivity contribution in [3.8, 4) is 0 Å². The quantitative estimate of drug-likeness (QED) is 0.466. The van der Waals surface area contributed by atoms with Crippen LogP contribution in [0.25, 0.3) is 0 Å². The number of aliphatic hydroxyl groups is 2. The van der Waals surface area contributed by atoms with E-state index in [0.717, 1.165) is 57.8 Å². The summed E-state index contributed by atoms with van der Waals surface area (Å²) in [6.45, 7) is 2.08. The smallest absolute Gasteiger partial charge is 0.237 e. The summed E-state index contributed by atoms with van der Waals surface area (Å²) < 4.78 is 0. The highest BCUT2D eigenvalue weighted by Gasteiger charge is 2.35. The van der Waals surface area contributed by atoms with Crippen LogP contribution in [0.5, 0.6) is 0 Å². The number of rotatable bonds is 10. The van der Waals surface area contributed by atoms with Gasteiger partial charge in [0.05, 0.1) is 18.2 Å². The molecule has 1 amide bonds. The third-order valence-corrected chi connectivity index (χ3v) is 6.74. The molecular formula is C22H42N2O3. The van der Waals surface area contributed by atoms with Gasteiger partial charge in [-0.25, -0.2) is 0 Å². The molecule has 27 heavy (non-hydrogen) atoms. The van der Waals surface area contributed by atoms with Crippen LogP contribution in [0.4, 0.5) is 0 Å². The first-order chi connectivity index (χ1) is 13.0. The maximum absolute atomic E-state index is 12.6. The highest BCUT2D eigenvalue weighted by molar-refractivity contribution is 5.81. The Kier molecular flexibility index (Phi) is 10.1. The number of hydrogen-bond acceptors (Lipinski definition) is 4. The van der Waals surface area contributed by atoms with Gasteiger partial charge in [-0.2, -0.15) is 0 Å². The molecule has 0 aliphatic heterocycles. The third-order valence-electron chi connectivity index (χ3n) is 6.74. The van der Waals surface area contributed by atoms with Crippen molar-refractivity contribution in [1.82, 2.24) is 5.32 Å². The van der Waals surface area contributed by atoms with Gasteiger partial charge in [-0.05, 0) is 37.5 Å². The van der Waals surface area contributed by atoms with Gasteiger partial charge in [-0.3, -0.25) is 4.79 Å². The van der Waals surface area contributed by atoms with E-state index in [1.54, 1.807) is 0 Å². The lowest BCUT2D eigenvalue weighted by Crippen LogP contribution is -2.54. The average Bonchev–Trinajstić information content (AvgIpc) is 2.71. The molecule has 0 aromatic rings. The molecule has 4 atom stereocenters. The summed E-state index contributed by atoms with van der Waals surface area (Å²) in [5.41, 5.74) is 6.05. The lowest BCUT2D eigenvalue weighted by Gasteiger charge is -2.36. The topological polar surface area (TPSA) is 95.6 Å². The SMILES string of the molecule is CCCC[C@H](N)C(=O)N[C@@H](CC1CCCCC1)[C@@H](O)[C@@H](O)C1CCCCC1. The Morgan fingerprint density at radius 3 is 2.22 bits per heavy atom. The van der Waals surface area contributed by atoms with Crippen molar-refractivity contribution in [3.63, 3.8) is 0 Å². The zero-order valence-corrected chi connectivity index (χ0v) is 17.2. The fourth-order valence-electron chi connectivity index (χ4n) is 4.90. The summed E-state index contributed by atoms with van der Waals surface area (Å²) in [6, 6.07) is -0.928. The van der Waals surface area contributed by atoms with Gasteiger partial charge in [0.2, 0.25) is 5.91 Å². The van der Waals surface area contributed by atoms with Crippen LogP contribution < -0.4 is 11.1 Å². The molecule has 0 unspecified atom stereocenters.